The second kappa shape index (κ2) is 73.2. The van der Waals surface area contributed by atoms with Crippen molar-refractivity contribution in [2.45, 2.75) is 463 Å². The van der Waals surface area contributed by atoms with Crippen LogP contribution >= 0.6 is 0 Å². The fourth-order valence-electron chi connectivity index (χ4n) is 12.4. The Hall–Kier alpha value is -1.10. The van der Waals surface area contributed by atoms with Crippen molar-refractivity contribution in [3.8, 4) is 0 Å². The fourth-order valence-corrected chi connectivity index (χ4v) is 12.4. The van der Waals surface area contributed by atoms with Crippen LogP contribution in [0.25, 0.3) is 0 Å². The maximum Gasteiger partial charge on any atom is 0.306 e. The van der Waals surface area contributed by atoms with Crippen LogP contribution in [0.3, 0.4) is 0 Å². The van der Waals surface area contributed by atoms with E-state index in [9.17, 15) is 14.7 Å². The molecule has 0 amide bonds. The highest BCUT2D eigenvalue weighted by Gasteiger charge is 2.16. The van der Waals surface area contributed by atoms with Crippen LogP contribution in [-0.2, 0) is 19.1 Å². The Morgan fingerprint density at radius 2 is 0.383 bits per heavy atom. The molecule has 0 bridgehead atoms. The Bertz CT molecular complexity index is 1160. The molecular formula is C76H150O5. The lowest BCUT2D eigenvalue weighted by molar-refractivity contribution is -0.161. The van der Waals surface area contributed by atoms with E-state index in [0.29, 0.717) is 12.8 Å². The largest absolute Gasteiger partial charge is 0.462 e. The molecule has 0 aliphatic heterocycles. The van der Waals surface area contributed by atoms with E-state index in [-0.39, 0.29) is 25.2 Å². The van der Waals surface area contributed by atoms with Crippen LogP contribution in [0.2, 0.25) is 0 Å². The molecule has 0 aromatic carbocycles. The molecule has 0 aromatic heterocycles. The molecule has 1 unspecified atom stereocenters. The van der Waals surface area contributed by atoms with Gasteiger partial charge in [-0.2, -0.15) is 0 Å². The number of aliphatic hydroxyl groups excluding tert-OH is 1. The van der Waals surface area contributed by atoms with E-state index in [2.05, 4.69) is 13.8 Å². The summed E-state index contributed by atoms with van der Waals surface area (Å²) in [6, 6.07) is 0. The first-order chi connectivity index (χ1) is 40.1. The monoisotopic (exact) mass is 1140 g/mol. The Morgan fingerprint density at radius 3 is 0.543 bits per heavy atom. The summed E-state index contributed by atoms with van der Waals surface area (Å²) >= 11 is 0. The molecule has 0 rings (SSSR count). The molecule has 0 aliphatic carbocycles. The minimum atomic E-state index is -0.766. The zero-order valence-corrected chi connectivity index (χ0v) is 55.9. The normalized spacial score (nSPS) is 12.0. The van der Waals surface area contributed by atoms with Gasteiger partial charge in [0.15, 0.2) is 6.10 Å². The topological polar surface area (TPSA) is 72.8 Å². The van der Waals surface area contributed by atoms with Gasteiger partial charge in [-0.05, 0) is 12.8 Å². The second-order valence-corrected chi connectivity index (χ2v) is 26.5. The molecule has 1 N–H and O–H groups in total. The minimum Gasteiger partial charge on any atom is -0.462 e. The number of aliphatic hydroxyl groups is 1. The first kappa shape index (κ1) is 79.9. The van der Waals surface area contributed by atoms with Gasteiger partial charge in [-0.15, -0.1) is 0 Å². The molecule has 5 heteroatoms. The molecule has 0 spiro atoms. The molecular weight excluding hydrogens is 993 g/mol. The Kier molecular flexibility index (Phi) is 72.2. The molecule has 1 atom stereocenters. The Balaban J connectivity index is 3.33. The summed E-state index contributed by atoms with van der Waals surface area (Å²) in [5.41, 5.74) is 0. The highest BCUT2D eigenvalue weighted by atomic mass is 16.6. The third-order valence-corrected chi connectivity index (χ3v) is 18.2. The van der Waals surface area contributed by atoms with Gasteiger partial charge >= 0.3 is 11.9 Å². The van der Waals surface area contributed by atoms with Crippen molar-refractivity contribution >= 4 is 11.9 Å². The maximum absolute atomic E-state index is 12.4. The van der Waals surface area contributed by atoms with Crippen LogP contribution in [0.5, 0.6) is 0 Å². The number of hydrogen-bond donors (Lipinski definition) is 1. The van der Waals surface area contributed by atoms with Crippen LogP contribution in [0, 0.1) is 0 Å². The van der Waals surface area contributed by atoms with E-state index >= 15 is 0 Å². The van der Waals surface area contributed by atoms with Crippen molar-refractivity contribution in [2.24, 2.45) is 0 Å². The maximum atomic E-state index is 12.4. The SMILES string of the molecule is CCCCCCCCCCCCCCCCCCCCCCCCCCCCCCCCCCCCCCCCCC(=O)OC(CO)COC(=O)CCCCCCCCCCCCCCCCCCCCCCCCCCCCCC. The van der Waals surface area contributed by atoms with Gasteiger partial charge in [-0.1, -0.05) is 431 Å². The van der Waals surface area contributed by atoms with Crippen LogP contribution < -0.4 is 0 Å². The quantitative estimate of drug-likeness (QED) is 0.0485. The lowest BCUT2D eigenvalue weighted by atomic mass is 10.0. The van der Waals surface area contributed by atoms with Crippen LogP contribution in [0.15, 0.2) is 0 Å². The lowest BCUT2D eigenvalue weighted by Gasteiger charge is -2.15. The van der Waals surface area contributed by atoms with E-state index in [0.717, 1.165) is 32.1 Å². The van der Waals surface area contributed by atoms with Gasteiger partial charge in [0, 0.05) is 12.8 Å². The minimum absolute atomic E-state index is 0.0552. The molecule has 484 valence electrons. The lowest BCUT2D eigenvalue weighted by Crippen LogP contribution is -2.28. The number of ether oxygens (including phenoxy) is 2. The highest BCUT2D eigenvalue weighted by molar-refractivity contribution is 5.70. The predicted molar refractivity (Wildman–Crippen MR) is 358 cm³/mol. The zero-order chi connectivity index (χ0) is 58.4. The van der Waals surface area contributed by atoms with Crippen molar-refractivity contribution in [1.82, 2.24) is 0 Å². The van der Waals surface area contributed by atoms with Crippen molar-refractivity contribution in [3.63, 3.8) is 0 Å². The molecule has 81 heavy (non-hydrogen) atoms. The summed E-state index contributed by atoms with van der Waals surface area (Å²) < 4.78 is 10.8. The molecule has 0 saturated carbocycles. The second-order valence-electron chi connectivity index (χ2n) is 26.5. The fraction of sp³-hybridized carbons (Fsp3) is 0.974. The molecule has 0 aromatic rings. The molecule has 0 radical (unpaired) electrons. The first-order valence-corrected chi connectivity index (χ1v) is 38.1. The third-order valence-electron chi connectivity index (χ3n) is 18.2. The predicted octanol–water partition coefficient (Wildman–Crippen LogP) is 26.4. The molecule has 0 fully saturated rings. The number of hydrogen-bond acceptors (Lipinski definition) is 5. The molecule has 0 aliphatic rings. The van der Waals surface area contributed by atoms with E-state index in [1.807, 2.05) is 0 Å². The van der Waals surface area contributed by atoms with Crippen LogP contribution in [0.4, 0.5) is 0 Å². The van der Waals surface area contributed by atoms with E-state index in [1.54, 1.807) is 0 Å². The van der Waals surface area contributed by atoms with E-state index in [4.69, 9.17) is 9.47 Å². The van der Waals surface area contributed by atoms with Gasteiger partial charge in [0.05, 0.1) is 6.61 Å². The first-order valence-electron chi connectivity index (χ1n) is 38.1. The summed E-state index contributed by atoms with van der Waals surface area (Å²) in [5.74, 6) is -0.557. The highest BCUT2D eigenvalue weighted by Crippen LogP contribution is 2.21. The number of esters is 2. The van der Waals surface area contributed by atoms with Gasteiger partial charge in [0.2, 0.25) is 0 Å². The van der Waals surface area contributed by atoms with Crippen LogP contribution in [-0.4, -0.2) is 36.4 Å². The van der Waals surface area contributed by atoms with Crippen molar-refractivity contribution in [3.05, 3.63) is 0 Å². The van der Waals surface area contributed by atoms with Gasteiger partial charge in [-0.25, -0.2) is 0 Å². The van der Waals surface area contributed by atoms with Gasteiger partial charge in [0.1, 0.15) is 6.61 Å². The van der Waals surface area contributed by atoms with Crippen molar-refractivity contribution in [2.75, 3.05) is 13.2 Å². The Morgan fingerprint density at radius 1 is 0.235 bits per heavy atom. The number of carbonyl (C=O) groups excluding carboxylic acids is 2. The van der Waals surface area contributed by atoms with E-state index < -0.39 is 6.10 Å². The van der Waals surface area contributed by atoms with Crippen molar-refractivity contribution < 1.29 is 24.2 Å². The third kappa shape index (κ3) is 71.3. The number of unbranched alkanes of at least 4 members (excludes halogenated alkanes) is 65. The zero-order valence-electron chi connectivity index (χ0n) is 55.9. The summed E-state index contributed by atoms with van der Waals surface area (Å²) in [6.07, 6.45) is 93.3. The van der Waals surface area contributed by atoms with Gasteiger partial charge in [0.25, 0.3) is 0 Å². The summed E-state index contributed by atoms with van der Waals surface area (Å²) in [4.78, 5) is 24.7. The van der Waals surface area contributed by atoms with Crippen LogP contribution in [0.1, 0.15) is 457 Å². The summed E-state index contributed by atoms with van der Waals surface area (Å²) in [5, 5.41) is 9.71. The molecule has 0 heterocycles. The summed E-state index contributed by atoms with van der Waals surface area (Å²) in [7, 11) is 0. The summed E-state index contributed by atoms with van der Waals surface area (Å²) in [6.45, 7) is 4.23. The van der Waals surface area contributed by atoms with Crippen molar-refractivity contribution in [1.29, 1.82) is 0 Å². The van der Waals surface area contributed by atoms with Gasteiger partial charge in [-0.3, -0.25) is 9.59 Å². The smallest absolute Gasteiger partial charge is 0.306 e. The van der Waals surface area contributed by atoms with E-state index in [1.165, 1.54) is 398 Å². The standard InChI is InChI=1S/C76H150O5/c1-3-5-7-9-11-13-15-17-19-21-23-25-27-29-31-33-34-35-36-37-38-39-40-41-42-43-45-47-49-51-53-55-57-59-61-63-65-67-69-71-76(79)81-74(72-77)73-80-75(78)70-68-66-64-62-60-58-56-54-52-50-48-46-44-32-30-28-26-24-22-20-18-16-14-12-10-8-6-4-2/h74,77H,3-73H2,1-2H3. The molecule has 5 nitrogen and oxygen atoms in total. The molecule has 0 saturated heterocycles. The van der Waals surface area contributed by atoms with Gasteiger partial charge < -0.3 is 14.6 Å². The average Bonchev–Trinajstić information content (AvgIpc) is 3.47. The number of rotatable bonds is 73. The Labute approximate surface area is 509 Å². The average molecular weight is 1140 g/mol. The number of carbonyl (C=O) groups is 2.